The number of hydrogen-bond donors (Lipinski definition) is 1. The van der Waals surface area contributed by atoms with Crippen LogP contribution in [0.15, 0.2) is 41.5 Å². The quantitative estimate of drug-likeness (QED) is 0.573. The lowest BCUT2D eigenvalue weighted by atomic mass is 10.2. The van der Waals surface area contributed by atoms with E-state index in [0.29, 0.717) is 5.84 Å². The molecule has 0 atom stereocenters. The molecule has 0 amide bonds. The largest absolute Gasteiger partial charge is 0.387 e. The molecule has 0 aliphatic rings. The summed E-state index contributed by atoms with van der Waals surface area (Å²) in [6.07, 6.45) is 3.61. The number of benzene rings is 1. The highest BCUT2D eigenvalue weighted by molar-refractivity contribution is 5.85. The first-order valence-corrected chi connectivity index (χ1v) is 3.80. The molecule has 3 heteroatoms. The normalized spacial score (nSPS) is 11.3. The molecule has 2 N–H and O–H groups in total. The van der Waals surface area contributed by atoms with E-state index in [0.717, 1.165) is 5.56 Å². The zero-order valence-electron chi connectivity index (χ0n) is 7.47. The van der Waals surface area contributed by atoms with E-state index in [-0.39, 0.29) is 12.4 Å². The molecule has 0 fully saturated rings. The Kier molecular flexibility index (Phi) is 5.64. The van der Waals surface area contributed by atoms with Gasteiger partial charge in [-0.25, -0.2) is 4.99 Å². The van der Waals surface area contributed by atoms with E-state index in [4.69, 9.17) is 5.73 Å². The fourth-order valence-electron chi connectivity index (χ4n) is 0.805. The van der Waals surface area contributed by atoms with Crippen LogP contribution in [-0.2, 0) is 0 Å². The molecule has 1 rings (SSSR count). The predicted octanol–water partition coefficient (Wildman–Crippen LogP) is 2.46. The zero-order chi connectivity index (χ0) is 8.81. The highest BCUT2D eigenvalue weighted by Gasteiger charge is 1.80. The average molecular weight is 197 g/mol. The van der Waals surface area contributed by atoms with Crippen LogP contribution in [0, 0.1) is 0 Å². The number of halogens is 1. The molecule has 0 unspecified atom stereocenters. The molecule has 0 bridgehead atoms. The van der Waals surface area contributed by atoms with Crippen molar-refractivity contribution in [2.24, 2.45) is 10.7 Å². The molecular formula is C10H13ClN2. The van der Waals surface area contributed by atoms with E-state index < -0.39 is 0 Å². The van der Waals surface area contributed by atoms with Crippen molar-refractivity contribution in [3.8, 4) is 0 Å². The van der Waals surface area contributed by atoms with Crippen molar-refractivity contribution >= 4 is 24.3 Å². The van der Waals surface area contributed by atoms with Crippen LogP contribution < -0.4 is 5.73 Å². The van der Waals surface area contributed by atoms with Crippen molar-refractivity contribution in [3.63, 3.8) is 0 Å². The van der Waals surface area contributed by atoms with Crippen LogP contribution >= 0.6 is 12.4 Å². The molecule has 0 saturated carbocycles. The van der Waals surface area contributed by atoms with Gasteiger partial charge in [-0.1, -0.05) is 30.3 Å². The molecular weight excluding hydrogens is 184 g/mol. The molecule has 13 heavy (non-hydrogen) atoms. The Balaban J connectivity index is 0.00000144. The molecule has 0 radical (unpaired) electrons. The second kappa shape index (κ2) is 6.26. The summed E-state index contributed by atoms with van der Waals surface area (Å²) in [6.45, 7) is 1.76. The fraction of sp³-hybridized carbons (Fsp3) is 0.100. The second-order valence-corrected chi connectivity index (χ2v) is 2.50. The summed E-state index contributed by atoms with van der Waals surface area (Å²) in [4.78, 5) is 3.93. The van der Waals surface area contributed by atoms with Crippen molar-refractivity contribution in [2.75, 3.05) is 0 Å². The molecule has 0 aliphatic carbocycles. The van der Waals surface area contributed by atoms with Crippen molar-refractivity contribution in [1.82, 2.24) is 0 Å². The van der Waals surface area contributed by atoms with Gasteiger partial charge in [0.2, 0.25) is 0 Å². The van der Waals surface area contributed by atoms with Crippen LogP contribution in [0.4, 0.5) is 0 Å². The molecule has 0 saturated heterocycles. The minimum atomic E-state index is 0. The van der Waals surface area contributed by atoms with Crippen molar-refractivity contribution in [2.45, 2.75) is 6.92 Å². The SMILES string of the molecule is CC(N)=N/C=C/c1ccccc1.Cl. The maximum absolute atomic E-state index is 5.36. The Labute approximate surface area is 84.6 Å². The zero-order valence-corrected chi connectivity index (χ0v) is 8.29. The third kappa shape index (κ3) is 5.04. The van der Waals surface area contributed by atoms with Crippen LogP contribution in [0.1, 0.15) is 12.5 Å². The average Bonchev–Trinajstić information content (AvgIpc) is 2.05. The van der Waals surface area contributed by atoms with Crippen LogP contribution in [0.5, 0.6) is 0 Å². The van der Waals surface area contributed by atoms with Gasteiger partial charge in [0.15, 0.2) is 0 Å². The number of hydrogen-bond acceptors (Lipinski definition) is 1. The van der Waals surface area contributed by atoms with Gasteiger partial charge in [0.05, 0.1) is 5.84 Å². The summed E-state index contributed by atoms with van der Waals surface area (Å²) in [5, 5.41) is 0. The molecule has 0 heterocycles. The lowest BCUT2D eigenvalue weighted by Crippen LogP contribution is -2.03. The van der Waals surface area contributed by atoms with Crippen molar-refractivity contribution in [3.05, 3.63) is 42.1 Å². The lowest BCUT2D eigenvalue weighted by molar-refractivity contribution is 1.48. The third-order valence-electron chi connectivity index (χ3n) is 1.34. The van der Waals surface area contributed by atoms with Crippen molar-refractivity contribution < 1.29 is 0 Å². The van der Waals surface area contributed by atoms with Gasteiger partial charge in [-0.3, -0.25) is 0 Å². The van der Waals surface area contributed by atoms with E-state index >= 15 is 0 Å². The highest BCUT2D eigenvalue weighted by Crippen LogP contribution is 2.00. The number of nitrogens with zero attached hydrogens (tertiary/aromatic N) is 1. The molecule has 0 aromatic heterocycles. The Morgan fingerprint density at radius 2 is 1.92 bits per heavy atom. The fourth-order valence-corrected chi connectivity index (χ4v) is 0.805. The molecule has 0 spiro atoms. The predicted molar refractivity (Wildman–Crippen MR) is 60.0 cm³/mol. The van der Waals surface area contributed by atoms with Gasteiger partial charge in [0.25, 0.3) is 0 Å². The van der Waals surface area contributed by atoms with Gasteiger partial charge in [-0.05, 0) is 18.6 Å². The van der Waals surface area contributed by atoms with Gasteiger partial charge >= 0.3 is 0 Å². The summed E-state index contributed by atoms with van der Waals surface area (Å²) in [5.41, 5.74) is 6.48. The third-order valence-corrected chi connectivity index (χ3v) is 1.34. The maximum atomic E-state index is 5.36. The lowest BCUT2D eigenvalue weighted by Gasteiger charge is -1.88. The summed E-state index contributed by atoms with van der Waals surface area (Å²) in [5.74, 6) is 0.571. The van der Waals surface area contributed by atoms with E-state index in [1.54, 1.807) is 13.1 Å². The standard InChI is InChI=1S/C10H12N2.ClH/c1-9(11)12-8-7-10-5-3-2-4-6-10;/h2-8H,1H3,(H2,11,12);1H/b8-7+;. The summed E-state index contributed by atoms with van der Waals surface area (Å²) >= 11 is 0. The number of amidine groups is 1. The van der Waals surface area contributed by atoms with Gasteiger partial charge < -0.3 is 5.73 Å². The smallest absolute Gasteiger partial charge is 0.0957 e. The van der Waals surface area contributed by atoms with Crippen LogP contribution in [-0.4, -0.2) is 5.84 Å². The topological polar surface area (TPSA) is 38.4 Å². The number of aliphatic imine (C=N–C) groups is 1. The Morgan fingerprint density at radius 1 is 1.31 bits per heavy atom. The summed E-state index contributed by atoms with van der Waals surface area (Å²) in [6, 6.07) is 9.97. The maximum Gasteiger partial charge on any atom is 0.0957 e. The first kappa shape index (κ1) is 11.7. The minimum absolute atomic E-state index is 0. The summed E-state index contributed by atoms with van der Waals surface area (Å²) < 4.78 is 0. The molecule has 70 valence electrons. The molecule has 1 aromatic rings. The number of rotatable bonds is 2. The Morgan fingerprint density at radius 3 is 2.46 bits per heavy atom. The monoisotopic (exact) mass is 196 g/mol. The van der Waals surface area contributed by atoms with Gasteiger partial charge in [-0.15, -0.1) is 12.4 Å². The molecule has 1 aromatic carbocycles. The molecule has 0 aliphatic heterocycles. The summed E-state index contributed by atoms with van der Waals surface area (Å²) in [7, 11) is 0. The van der Waals surface area contributed by atoms with Crippen LogP contribution in [0.25, 0.3) is 6.08 Å². The minimum Gasteiger partial charge on any atom is -0.387 e. The van der Waals surface area contributed by atoms with E-state index in [1.165, 1.54) is 0 Å². The van der Waals surface area contributed by atoms with Crippen molar-refractivity contribution in [1.29, 1.82) is 0 Å². The Bertz CT molecular complexity index is 287. The Hall–Kier alpha value is -1.28. The van der Waals surface area contributed by atoms with Crippen LogP contribution in [0.3, 0.4) is 0 Å². The highest BCUT2D eigenvalue weighted by atomic mass is 35.5. The van der Waals surface area contributed by atoms with Crippen LogP contribution in [0.2, 0.25) is 0 Å². The van der Waals surface area contributed by atoms with E-state index in [1.807, 2.05) is 36.4 Å². The van der Waals surface area contributed by atoms with Gasteiger partial charge in [0, 0.05) is 6.20 Å². The van der Waals surface area contributed by atoms with Gasteiger partial charge in [0.1, 0.15) is 0 Å². The molecule has 2 nitrogen and oxygen atoms in total. The second-order valence-electron chi connectivity index (χ2n) is 2.50. The first-order chi connectivity index (χ1) is 5.79. The van der Waals surface area contributed by atoms with Gasteiger partial charge in [-0.2, -0.15) is 0 Å². The number of nitrogens with two attached hydrogens (primary N) is 1. The van der Waals surface area contributed by atoms with E-state index in [9.17, 15) is 0 Å². The first-order valence-electron chi connectivity index (χ1n) is 3.80. The van der Waals surface area contributed by atoms with E-state index in [2.05, 4.69) is 4.99 Å².